The fourth-order valence-electron chi connectivity index (χ4n) is 4.57. The number of esters is 2. The number of hydrogen-bond acceptors (Lipinski definition) is 10. The number of anilines is 1. The van der Waals surface area contributed by atoms with Gasteiger partial charge in [0, 0.05) is 4.88 Å². The standard InChI is InChI=1S/C25H30N4O6S2/c1-6-34-24(32)13-9-8-10-14-17(13)18(25(33)35-7-2)23(36-14)28-21(31)19-12(3)16-20(30)26-15(11-29(4)5)27-22(16)37-19/h13H,6-11H2,1-5H3,(H,28,31)(H,26,27,30). The predicted molar refractivity (Wildman–Crippen MR) is 143 cm³/mol. The SMILES string of the molecule is CCOC(=O)c1c(NC(=O)c2sc3nc(CN(C)C)[nH]c(=O)c3c2C)sc2c1C(C(=O)OCC)CCC2. The molecular formula is C25H30N4O6S2. The predicted octanol–water partition coefficient (Wildman–Crippen LogP) is 3.83. The van der Waals surface area contributed by atoms with Gasteiger partial charge < -0.3 is 24.7 Å². The lowest BCUT2D eigenvalue weighted by Crippen LogP contribution is -2.23. The molecule has 3 aromatic rings. The Morgan fingerprint density at radius 1 is 1.16 bits per heavy atom. The van der Waals surface area contributed by atoms with Crippen molar-refractivity contribution in [1.29, 1.82) is 0 Å². The number of thiophene rings is 2. The van der Waals surface area contributed by atoms with Gasteiger partial charge in [-0.2, -0.15) is 0 Å². The summed E-state index contributed by atoms with van der Waals surface area (Å²) in [7, 11) is 3.74. The highest BCUT2D eigenvalue weighted by Gasteiger charge is 2.37. The van der Waals surface area contributed by atoms with E-state index in [1.807, 2.05) is 19.0 Å². The van der Waals surface area contributed by atoms with Crippen LogP contribution in [0.25, 0.3) is 10.2 Å². The summed E-state index contributed by atoms with van der Waals surface area (Å²) in [6.45, 7) is 5.99. The molecule has 0 aromatic carbocycles. The van der Waals surface area contributed by atoms with Crippen LogP contribution in [0.1, 0.15) is 74.5 Å². The van der Waals surface area contributed by atoms with E-state index < -0.39 is 17.8 Å². The van der Waals surface area contributed by atoms with Crippen LogP contribution in [0.4, 0.5) is 5.00 Å². The number of fused-ring (bicyclic) bond motifs is 2. The number of aromatic nitrogens is 2. The molecule has 37 heavy (non-hydrogen) atoms. The number of ether oxygens (including phenoxy) is 2. The maximum atomic E-state index is 13.5. The average Bonchev–Trinajstić information content (AvgIpc) is 3.36. The first kappa shape index (κ1) is 27.0. The van der Waals surface area contributed by atoms with Gasteiger partial charge >= 0.3 is 11.9 Å². The van der Waals surface area contributed by atoms with Gasteiger partial charge in [0.25, 0.3) is 11.5 Å². The monoisotopic (exact) mass is 546 g/mol. The Morgan fingerprint density at radius 2 is 1.89 bits per heavy atom. The summed E-state index contributed by atoms with van der Waals surface area (Å²) < 4.78 is 10.6. The summed E-state index contributed by atoms with van der Waals surface area (Å²) >= 11 is 2.41. The Kier molecular flexibility index (Phi) is 8.10. The lowest BCUT2D eigenvalue weighted by atomic mass is 9.85. The van der Waals surface area contributed by atoms with Gasteiger partial charge in [0.05, 0.1) is 41.5 Å². The molecule has 0 saturated carbocycles. The fourth-order valence-corrected chi connectivity index (χ4v) is 6.95. The second-order valence-electron chi connectivity index (χ2n) is 9.00. The number of carbonyl (C=O) groups is 3. The summed E-state index contributed by atoms with van der Waals surface area (Å²) in [5.74, 6) is -1.51. The lowest BCUT2D eigenvalue weighted by Gasteiger charge is -2.22. The van der Waals surface area contributed by atoms with E-state index >= 15 is 0 Å². The average molecular weight is 547 g/mol. The highest BCUT2D eigenvalue weighted by Crippen LogP contribution is 2.45. The van der Waals surface area contributed by atoms with E-state index in [0.29, 0.717) is 56.4 Å². The van der Waals surface area contributed by atoms with E-state index in [1.54, 1.807) is 20.8 Å². The molecule has 4 rings (SSSR count). The van der Waals surface area contributed by atoms with E-state index in [4.69, 9.17) is 9.47 Å². The van der Waals surface area contributed by atoms with Crippen LogP contribution in [0.2, 0.25) is 0 Å². The molecule has 0 saturated heterocycles. The Hall–Kier alpha value is -3.09. The molecule has 0 aliphatic heterocycles. The summed E-state index contributed by atoms with van der Waals surface area (Å²) in [5, 5.41) is 3.57. The Balaban J connectivity index is 1.75. The summed E-state index contributed by atoms with van der Waals surface area (Å²) in [6.07, 6.45) is 2.02. The smallest absolute Gasteiger partial charge is 0.341 e. The minimum Gasteiger partial charge on any atom is -0.466 e. The molecule has 1 aliphatic carbocycles. The van der Waals surface area contributed by atoms with E-state index in [0.717, 1.165) is 22.6 Å². The van der Waals surface area contributed by atoms with Crippen molar-refractivity contribution in [2.45, 2.75) is 52.5 Å². The number of aryl methyl sites for hydroxylation is 2. The summed E-state index contributed by atoms with van der Waals surface area (Å²) in [4.78, 5) is 62.8. The topological polar surface area (TPSA) is 131 Å². The number of carbonyl (C=O) groups excluding carboxylic acids is 3. The third-order valence-electron chi connectivity index (χ3n) is 6.07. The molecule has 1 aliphatic rings. The molecule has 10 nitrogen and oxygen atoms in total. The quantitative estimate of drug-likeness (QED) is 0.408. The van der Waals surface area contributed by atoms with Crippen LogP contribution in [0.15, 0.2) is 4.79 Å². The molecule has 1 amide bonds. The number of H-pyrrole nitrogens is 1. The molecule has 2 N–H and O–H groups in total. The molecule has 0 bridgehead atoms. The van der Waals surface area contributed by atoms with Crippen molar-refractivity contribution in [3.8, 4) is 0 Å². The first-order valence-electron chi connectivity index (χ1n) is 12.1. The van der Waals surface area contributed by atoms with Gasteiger partial charge in [-0.1, -0.05) is 0 Å². The first-order valence-corrected chi connectivity index (χ1v) is 13.8. The maximum Gasteiger partial charge on any atom is 0.341 e. The van der Waals surface area contributed by atoms with Crippen LogP contribution in [0.3, 0.4) is 0 Å². The Bertz CT molecular complexity index is 1420. The zero-order chi connectivity index (χ0) is 26.9. The molecule has 198 valence electrons. The first-order chi connectivity index (χ1) is 17.7. The zero-order valence-electron chi connectivity index (χ0n) is 21.5. The van der Waals surface area contributed by atoms with Gasteiger partial charge in [0.15, 0.2) is 0 Å². The van der Waals surface area contributed by atoms with Gasteiger partial charge in [-0.05, 0) is 65.3 Å². The molecule has 0 fully saturated rings. The third kappa shape index (κ3) is 5.32. The molecule has 0 spiro atoms. The van der Waals surface area contributed by atoms with Gasteiger partial charge in [-0.15, -0.1) is 22.7 Å². The van der Waals surface area contributed by atoms with Crippen molar-refractivity contribution in [3.63, 3.8) is 0 Å². The summed E-state index contributed by atoms with van der Waals surface area (Å²) in [5.41, 5.74) is 1.01. The number of amides is 1. The molecule has 1 unspecified atom stereocenters. The maximum absolute atomic E-state index is 13.5. The van der Waals surface area contributed by atoms with Crippen molar-refractivity contribution < 1.29 is 23.9 Å². The number of nitrogens with one attached hydrogen (secondary N) is 2. The molecule has 12 heteroatoms. The van der Waals surface area contributed by atoms with Crippen molar-refractivity contribution in [2.75, 3.05) is 32.6 Å². The Labute approximate surface area is 222 Å². The van der Waals surface area contributed by atoms with Crippen molar-refractivity contribution in [1.82, 2.24) is 14.9 Å². The molecule has 0 radical (unpaired) electrons. The van der Waals surface area contributed by atoms with Gasteiger partial charge in [-0.3, -0.25) is 14.4 Å². The van der Waals surface area contributed by atoms with Crippen LogP contribution in [0, 0.1) is 6.92 Å². The van der Waals surface area contributed by atoms with Crippen LogP contribution >= 0.6 is 22.7 Å². The fraction of sp³-hybridized carbons (Fsp3) is 0.480. The van der Waals surface area contributed by atoms with Gasteiger partial charge in [0.1, 0.15) is 15.7 Å². The number of aromatic amines is 1. The highest BCUT2D eigenvalue weighted by atomic mass is 32.1. The largest absolute Gasteiger partial charge is 0.466 e. The third-order valence-corrected chi connectivity index (χ3v) is 8.43. The van der Waals surface area contributed by atoms with Gasteiger partial charge in [0.2, 0.25) is 0 Å². The normalized spacial score (nSPS) is 15.0. The molecule has 3 aromatic heterocycles. The van der Waals surface area contributed by atoms with Crippen molar-refractivity contribution >= 4 is 55.7 Å². The van der Waals surface area contributed by atoms with Crippen LogP contribution in [-0.4, -0.2) is 60.0 Å². The van der Waals surface area contributed by atoms with Crippen LogP contribution in [0.5, 0.6) is 0 Å². The van der Waals surface area contributed by atoms with E-state index in [9.17, 15) is 19.2 Å². The lowest BCUT2D eigenvalue weighted by molar-refractivity contribution is -0.145. The van der Waals surface area contributed by atoms with E-state index in [2.05, 4.69) is 15.3 Å². The summed E-state index contributed by atoms with van der Waals surface area (Å²) in [6, 6.07) is 0. The Morgan fingerprint density at radius 3 is 2.57 bits per heavy atom. The second kappa shape index (κ2) is 11.1. The minimum absolute atomic E-state index is 0.153. The van der Waals surface area contributed by atoms with Crippen LogP contribution < -0.4 is 10.9 Å². The van der Waals surface area contributed by atoms with Crippen molar-refractivity contribution in [2.24, 2.45) is 0 Å². The number of rotatable bonds is 8. The van der Waals surface area contributed by atoms with Crippen LogP contribution in [-0.2, 0) is 27.2 Å². The zero-order valence-corrected chi connectivity index (χ0v) is 23.1. The molecular weight excluding hydrogens is 516 g/mol. The van der Waals surface area contributed by atoms with Gasteiger partial charge in [-0.25, -0.2) is 9.78 Å². The van der Waals surface area contributed by atoms with E-state index in [-0.39, 0.29) is 30.3 Å². The van der Waals surface area contributed by atoms with E-state index in [1.165, 1.54) is 11.3 Å². The number of hydrogen-bond donors (Lipinski definition) is 2. The number of nitrogens with zero attached hydrogens (tertiary/aromatic N) is 2. The minimum atomic E-state index is -0.592. The second-order valence-corrected chi connectivity index (χ2v) is 11.1. The molecule has 3 heterocycles. The molecule has 1 atom stereocenters. The van der Waals surface area contributed by atoms with Crippen molar-refractivity contribution in [3.05, 3.63) is 42.6 Å². The highest BCUT2D eigenvalue weighted by molar-refractivity contribution is 7.21.